The second-order valence-corrected chi connectivity index (χ2v) is 5.35. The number of carbonyl (C=O) groups excluding carboxylic acids is 1. The van der Waals surface area contributed by atoms with Crippen LogP contribution >= 0.6 is 0 Å². The molecule has 1 aromatic carbocycles. The summed E-state index contributed by atoms with van der Waals surface area (Å²) in [6, 6.07) is 4.63. The van der Waals surface area contributed by atoms with Crippen molar-refractivity contribution in [3.8, 4) is 0 Å². The lowest BCUT2D eigenvalue weighted by molar-refractivity contribution is -0.140. The lowest BCUT2D eigenvalue weighted by Gasteiger charge is -2.18. The van der Waals surface area contributed by atoms with Crippen molar-refractivity contribution in [2.75, 3.05) is 0 Å². The molecule has 1 amide bonds. The molecular weight excluding hydrogens is 299 g/mol. The van der Waals surface area contributed by atoms with E-state index in [1.54, 1.807) is 13.8 Å². The lowest BCUT2D eigenvalue weighted by atomic mass is 10.0. The molecule has 1 aromatic rings. The molecule has 0 saturated carbocycles. The molecule has 22 heavy (non-hydrogen) atoms. The van der Waals surface area contributed by atoms with Crippen molar-refractivity contribution in [2.24, 2.45) is 5.92 Å². The first-order valence-electron chi connectivity index (χ1n) is 6.79. The number of alkyl halides is 3. The minimum Gasteiger partial charge on any atom is -0.480 e. The van der Waals surface area contributed by atoms with Crippen LogP contribution in [0.5, 0.6) is 0 Å². The molecular formula is C15H18F3NO3. The molecule has 2 N–H and O–H groups in total. The number of carboxylic acids is 1. The Bertz CT molecular complexity index is 524. The highest BCUT2D eigenvalue weighted by molar-refractivity contribution is 5.96. The standard InChI is InChI=1S/C15H18F3NO3/c1-9(2)12(14(21)22)19-13(20)11-5-3-10(4-6-11)7-8-15(16,17)18/h3-6,9,12H,7-8H2,1-2H3,(H,19,20)(H,21,22). The summed E-state index contributed by atoms with van der Waals surface area (Å²) in [5.41, 5.74) is 0.676. The predicted molar refractivity (Wildman–Crippen MR) is 74.5 cm³/mol. The number of aryl methyl sites for hydroxylation is 1. The van der Waals surface area contributed by atoms with Gasteiger partial charge >= 0.3 is 12.1 Å². The maximum Gasteiger partial charge on any atom is 0.389 e. The van der Waals surface area contributed by atoms with E-state index >= 15 is 0 Å². The Kier molecular flexibility index (Phi) is 5.96. The molecule has 0 spiro atoms. The van der Waals surface area contributed by atoms with Gasteiger partial charge in [0.05, 0.1) is 0 Å². The average molecular weight is 317 g/mol. The third kappa shape index (κ3) is 5.75. The molecule has 0 aliphatic carbocycles. The maximum absolute atomic E-state index is 12.1. The van der Waals surface area contributed by atoms with Gasteiger partial charge in [-0.1, -0.05) is 26.0 Å². The molecule has 0 heterocycles. The van der Waals surface area contributed by atoms with Gasteiger partial charge in [0.15, 0.2) is 0 Å². The summed E-state index contributed by atoms with van der Waals surface area (Å²) in [5, 5.41) is 11.4. The van der Waals surface area contributed by atoms with E-state index in [2.05, 4.69) is 5.32 Å². The average Bonchev–Trinajstić information content (AvgIpc) is 2.41. The van der Waals surface area contributed by atoms with Crippen LogP contribution in [-0.2, 0) is 11.2 Å². The number of carboxylic acid groups (broad SMARTS) is 1. The smallest absolute Gasteiger partial charge is 0.389 e. The van der Waals surface area contributed by atoms with E-state index in [0.717, 1.165) is 0 Å². The summed E-state index contributed by atoms with van der Waals surface area (Å²) < 4.78 is 36.4. The van der Waals surface area contributed by atoms with Gasteiger partial charge in [0.1, 0.15) is 6.04 Å². The van der Waals surface area contributed by atoms with Crippen LogP contribution in [0, 0.1) is 5.92 Å². The maximum atomic E-state index is 12.1. The lowest BCUT2D eigenvalue weighted by Crippen LogP contribution is -2.44. The highest BCUT2D eigenvalue weighted by atomic mass is 19.4. The van der Waals surface area contributed by atoms with Gasteiger partial charge in [0.25, 0.3) is 5.91 Å². The highest BCUT2D eigenvalue weighted by Gasteiger charge is 2.26. The molecule has 1 atom stereocenters. The number of rotatable bonds is 6. The van der Waals surface area contributed by atoms with Gasteiger partial charge in [0, 0.05) is 12.0 Å². The second-order valence-electron chi connectivity index (χ2n) is 5.35. The highest BCUT2D eigenvalue weighted by Crippen LogP contribution is 2.22. The van der Waals surface area contributed by atoms with Gasteiger partial charge in [-0.25, -0.2) is 4.79 Å². The fraction of sp³-hybridized carbons (Fsp3) is 0.467. The van der Waals surface area contributed by atoms with Crippen molar-refractivity contribution in [3.63, 3.8) is 0 Å². The van der Waals surface area contributed by atoms with Crippen molar-refractivity contribution in [2.45, 2.75) is 38.9 Å². The first-order valence-corrected chi connectivity index (χ1v) is 6.79. The van der Waals surface area contributed by atoms with Crippen LogP contribution in [0.4, 0.5) is 13.2 Å². The van der Waals surface area contributed by atoms with Crippen LogP contribution in [-0.4, -0.2) is 29.2 Å². The Morgan fingerprint density at radius 2 is 1.73 bits per heavy atom. The van der Waals surface area contributed by atoms with Crippen molar-refractivity contribution in [1.82, 2.24) is 5.32 Å². The molecule has 0 aliphatic heterocycles. The Hall–Kier alpha value is -2.05. The number of hydrogen-bond acceptors (Lipinski definition) is 2. The van der Waals surface area contributed by atoms with Crippen molar-refractivity contribution in [3.05, 3.63) is 35.4 Å². The summed E-state index contributed by atoms with van der Waals surface area (Å²) in [5.74, 6) is -1.99. The molecule has 0 bridgehead atoms. The van der Waals surface area contributed by atoms with Crippen LogP contribution in [0.1, 0.15) is 36.2 Å². The van der Waals surface area contributed by atoms with E-state index in [9.17, 15) is 22.8 Å². The van der Waals surface area contributed by atoms with E-state index in [1.807, 2.05) is 0 Å². The first-order chi connectivity index (χ1) is 10.1. The summed E-state index contributed by atoms with van der Waals surface area (Å²) in [7, 11) is 0. The molecule has 7 heteroatoms. The topological polar surface area (TPSA) is 66.4 Å². The molecule has 1 rings (SSSR count). The normalized spacial score (nSPS) is 13.0. The quantitative estimate of drug-likeness (QED) is 0.847. The van der Waals surface area contributed by atoms with Crippen molar-refractivity contribution >= 4 is 11.9 Å². The summed E-state index contributed by atoms with van der Waals surface area (Å²) in [6.07, 6.45) is -5.30. The minimum absolute atomic E-state index is 0.158. The van der Waals surface area contributed by atoms with Gasteiger partial charge < -0.3 is 10.4 Å². The Morgan fingerprint density at radius 1 is 1.18 bits per heavy atom. The molecule has 1 unspecified atom stereocenters. The van der Waals surface area contributed by atoms with Crippen molar-refractivity contribution in [1.29, 1.82) is 0 Å². The third-order valence-corrected chi connectivity index (χ3v) is 3.13. The van der Waals surface area contributed by atoms with Gasteiger partial charge in [0.2, 0.25) is 0 Å². The van der Waals surface area contributed by atoms with Crippen molar-refractivity contribution < 1.29 is 27.9 Å². The predicted octanol–water partition coefficient (Wildman–Crippen LogP) is 3.02. The largest absolute Gasteiger partial charge is 0.480 e. The number of amides is 1. The summed E-state index contributed by atoms with van der Waals surface area (Å²) in [6.45, 7) is 3.33. The molecule has 0 fully saturated rings. The number of nitrogens with one attached hydrogen (secondary N) is 1. The number of carbonyl (C=O) groups is 2. The van der Waals surface area contributed by atoms with E-state index in [-0.39, 0.29) is 17.9 Å². The van der Waals surface area contributed by atoms with Crippen LogP contribution in [0.15, 0.2) is 24.3 Å². The fourth-order valence-corrected chi connectivity index (χ4v) is 1.85. The zero-order chi connectivity index (χ0) is 16.9. The minimum atomic E-state index is -4.22. The number of hydrogen-bond donors (Lipinski definition) is 2. The number of halogens is 3. The molecule has 122 valence electrons. The number of aliphatic carboxylic acids is 1. The Labute approximate surface area is 126 Å². The third-order valence-electron chi connectivity index (χ3n) is 3.13. The Balaban J connectivity index is 2.69. The van der Waals surface area contributed by atoms with Crippen LogP contribution < -0.4 is 5.32 Å². The first kappa shape index (κ1) is 18.0. The molecule has 0 aromatic heterocycles. The van der Waals surface area contributed by atoms with E-state index in [4.69, 9.17) is 5.11 Å². The van der Waals surface area contributed by atoms with Gasteiger partial charge in [-0.15, -0.1) is 0 Å². The van der Waals surface area contributed by atoms with Crippen LogP contribution in [0.2, 0.25) is 0 Å². The fourth-order valence-electron chi connectivity index (χ4n) is 1.85. The second kappa shape index (κ2) is 7.29. The SMILES string of the molecule is CC(C)C(NC(=O)c1ccc(CCC(F)(F)F)cc1)C(=O)O. The van der Waals surface area contributed by atoms with E-state index < -0.39 is 30.5 Å². The molecule has 0 aliphatic rings. The molecule has 4 nitrogen and oxygen atoms in total. The number of benzene rings is 1. The van der Waals surface area contributed by atoms with Gasteiger partial charge in [-0.3, -0.25) is 4.79 Å². The molecule has 0 saturated heterocycles. The Morgan fingerprint density at radius 3 is 2.14 bits per heavy atom. The monoisotopic (exact) mass is 317 g/mol. The van der Waals surface area contributed by atoms with Gasteiger partial charge in [-0.05, 0) is 30.0 Å². The van der Waals surface area contributed by atoms with E-state index in [1.165, 1.54) is 24.3 Å². The van der Waals surface area contributed by atoms with Gasteiger partial charge in [-0.2, -0.15) is 13.2 Å². The van der Waals surface area contributed by atoms with E-state index in [0.29, 0.717) is 5.56 Å². The molecule has 0 radical (unpaired) electrons. The zero-order valence-electron chi connectivity index (χ0n) is 12.3. The van der Waals surface area contributed by atoms with Crippen LogP contribution in [0.25, 0.3) is 0 Å². The summed E-state index contributed by atoms with van der Waals surface area (Å²) >= 11 is 0. The van der Waals surface area contributed by atoms with Crippen LogP contribution in [0.3, 0.4) is 0 Å². The summed E-state index contributed by atoms with van der Waals surface area (Å²) in [4.78, 5) is 23.0. The zero-order valence-corrected chi connectivity index (χ0v) is 12.3.